The zero-order valence-electron chi connectivity index (χ0n) is 15.0. The molecule has 0 aliphatic carbocycles. The number of rotatable bonds is 6. The average molecular weight is 339 g/mol. The van der Waals surface area contributed by atoms with Crippen molar-refractivity contribution in [2.45, 2.75) is 27.3 Å². The lowest BCUT2D eigenvalue weighted by molar-refractivity contribution is -0.115. The summed E-state index contributed by atoms with van der Waals surface area (Å²) in [6, 6.07) is 9.89. The van der Waals surface area contributed by atoms with Crippen molar-refractivity contribution in [3.8, 4) is 0 Å². The van der Waals surface area contributed by atoms with E-state index in [2.05, 4.69) is 58.0 Å². The maximum atomic E-state index is 12.0. The van der Waals surface area contributed by atoms with Crippen LogP contribution in [-0.2, 0) is 11.3 Å². The SMILES string of the molecule is CCNC(=NCc1ccc(C)cc1C)NCC(=O)Nc1cccnc1. The molecule has 0 saturated carbocycles. The van der Waals surface area contributed by atoms with Gasteiger partial charge in [-0.1, -0.05) is 23.8 Å². The molecule has 0 radical (unpaired) electrons. The molecule has 1 heterocycles. The number of aliphatic imine (C=N–C) groups is 1. The number of carbonyl (C=O) groups is 1. The van der Waals surface area contributed by atoms with Crippen molar-refractivity contribution in [3.05, 3.63) is 59.4 Å². The van der Waals surface area contributed by atoms with E-state index in [1.165, 1.54) is 16.7 Å². The molecule has 2 rings (SSSR count). The molecule has 0 unspecified atom stereocenters. The number of nitrogens with zero attached hydrogens (tertiary/aromatic N) is 2. The number of guanidine groups is 1. The molecule has 132 valence electrons. The van der Waals surface area contributed by atoms with Gasteiger partial charge in [0.15, 0.2) is 5.96 Å². The van der Waals surface area contributed by atoms with E-state index < -0.39 is 0 Å². The molecule has 25 heavy (non-hydrogen) atoms. The minimum Gasteiger partial charge on any atom is -0.357 e. The quantitative estimate of drug-likeness (QED) is 0.558. The minimum atomic E-state index is -0.148. The van der Waals surface area contributed by atoms with Crippen molar-refractivity contribution in [2.24, 2.45) is 4.99 Å². The number of aryl methyl sites for hydroxylation is 2. The monoisotopic (exact) mass is 339 g/mol. The number of pyridine rings is 1. The predicted molar refractivity (Wildman–Crippen MR) is 102 cm³/mol. The third kappa shape index (κ3) is 6.25. The zero-order chi connectivity index (χ0) is 18.1. The Balaban J connectivity index is 1.92. The second kappa shape index (κ2) is 9.42. The van der Waals surface area contributed by atoms with Gasteiger partial charge in [0.2, 0.25) is 5.91 Å². The Bertz CT molecular complexity index is 728. The molecule has 1 aromatic carbocycles. The maximum absolute atomic E-state index is 12.0. The Hall–Kier alpha value is -2.89. The molecule has 1 aromatic heterocycles. The van der Waals surface area contributed by atoms with Crippen molar-refractivity contribution in [3.63, 3.8) is 0 Å². The topological polar surface area (TPSA) is 78.4 Å². The van der Waals surface area contributed by atoms with E-state index in [0.717, 1.165) is 6.54 Å². The summed E-state index contributed by atoms with van der Waals surface area (Å²) in [6.45, 7) is 7.57. The van der Waals surface area contributed by atoms with Crippen LogP contribution >= 0.6 is 0 Å². The normalized spacial score (nSPS) is 11.1. The lowest BCUT2D eigenvalue weighted by Crippen LogP contribution is -2.41. The van der Waals surface area contributed by atoms with E-state index in [0.29, 0.717) is 18.2 Å². The molecule has 3 N–H and O–H groups in total. The largest absolute Gasteiger partial charge is 0.357 e. The van der Waals surface area contributed by atoms with Crippen LogP contribution in [0.4, 0.5) is 5.69 Å². The molecule has 0 fully saturated rings. The number of anilines is 1. The van der Waals surface area contributed by atoms with E-state index in [1.807, 2.05) is 6.92 Å². The number of carbonyl (C=O) groups excluding carboxylic acids is 1. The van der Waals surface area contributed by atoms with E-state index in [-0.39, 0.29) is 12.5 Å². The van der Waals surface area contributed by atoms with Crippen molar-refractivity contribution in [1.82, 2.24) is 15.6 Å². The highest BCUT2D eigenvalue weighted by molar-refractivity contribution is 5.94. The van der Waals surface area contributed by atoms with Gasteiger partial charge in [0.25, 0.3) is 0 Å². The number of amides is 1. The first-order valence-corrected chi connectivity index (χ1v) is 8.36. The zero-order valence-corrected chi connectivity index (χ0v) is 15.0. The molecule has 0 spiro atoms. The summed E-state index contributed by atoms with van der Waals surface area (Å²) in [4.78, 5) is 20.5. The molecule has 0 atom stereocenters. The average Bonchev–Trinajstić information content (AvgIpc) is 2.59. The smallest absolute Gasteiger partial charge is 0.243 e. The van der Waals surface area contributed by atoms with Gasteiger partial charge in [0.1, 0.15) is 0 Å². The van der Waals surface area contributed by atoms with E-state index in [1.54, 1.807) is 24.5 Å². The van der Waals surface area contributed by atoms with Crippen molar-refractivity contribution in [1.29, 1.82) is 0 Å². The molecular weight excluding hydrogens is 314 g/mol. The van der Waals surface area contributed by atoms with Gasteiger partial charge in [-0.25, -0.2) is 4.99 Å². The molecule has 2 aromatic rings. The van der Waals surface area contributed by atoms with Gasteiger partial charge < -0.3 is 16.0 Å². The first-order valence-electron chi connectivity index (χ1n) is 8.36. The number of hydrogen-bond acceptors (Lipinski definition) is 3. The highest BCUT2D eigenvalue weighted by atomic mass is 16.1. The molecule has 0 bridgehead atoms. The standard InChI is InChI=1S/C19H25N5O/c1-4-21-19(22-11-16-8-7-14(2)10-15(16)3)23-13-18(25)24-17-6-5-9-20-12-17/h5-10,12H,4,11,13H2,1-3H3,(H,24,25)(H2,21,22,23). The van der Waals surface area contributed by atoms with Gasteiger partial charge in [-0.05, 0) is 44.0 Å². The van der Waals surface area contributed by atoms with Gasteiger partial charge in [0.05, 0.1) is 25.0 Å². The summed E-state index contributed by atoms with van der Waals surface area (Å²) in [5.74, 6) is 0.467. The van der Waals surface area contributed by atoms with Crippen LogP contribution in [0.3, 0.4) is 0 Å². The fourth-order valence-electron chi connectivity index (χ4n) is 2.34. The molecule has 0 aliphatic rings. The lowest BCUT2D eigenvalue weighted by Gasteiger charge is -2.12. The van der Waals surface area contributed by atoms with Crippen molar-refractivity contribution < 1.29 is 4.79 Å². The van der Waals surface area contributed by atoms with Crippen LogP contribution in [0.25, 0.3) is 0 Å². The first kappa shape index (κ1) is 18.4. The molecule has 0 saturated heterocycles. The summed E-state index contributed by atoms with van der Waals surface area (Å²) in [5, 5.41) is 8.98. The maximum Gasteiger partial charge on any atom is 0.243 e. The van der Waals surface area contributed by atoms with Crippen LogP contribution in [0, 0.1) is 13.8 Å². The third-order valence-corrected chi connectivity index (χ3v) is 3.61. The van der Waals surface area contributed by atoms with Gasteiger partial charge in [0, 0.05) is 12.7 Å². The van der Waals surface area contributed by atoms with Crippen molar-refractivity contribution in [2.75, 3.05) is 18.4 Å². The highest BCUT2D eigenvalue weighted by Gasteiger charge is 2.05. The summed E-state index contributed by atoms with van der Waals surface area (Å²) in [7, 11) is 0. The second-order valence-corrected chi connectivity index (χ2v) is 5.77. The summed E-state index contributed by atoms with van der Waals surface area (Å²) >= 11 is 0. The van der Waals surface area contributed by atoms with Gasteiger partial charge >= 0.3 is 0 Å². The van der Waals surface area contributed by atoms with Gasteiger partial charge in [-0.3, -0.25) is 9.78 Å². The highest BCUT2D eigenvalue weighted by Crippen LogP contribution is 2.11. The Morgan fingerprint density at radius 3 is 2.72 bits per heavy atom. The van der Waals surface area contributed by atoms with Gasteiger partial charge in [-0.15, -0.1) is 0 Å². The fraction of sp³-hybridized carbons (Fsp3) is 0.316. The predicted octanol–water partition coefficient (Wildman–Crippen LogP) is 2.39. The summed E-state index contributed by atoms with van der Waals surface area (Å²) in [6.07, 6.45) is 3.27. The number of hydrogen-bond donors (Lipinski definition) is 3. The van der Waals surface area contributed by atoms with Crippen molar-refractivity contribution >= 4 is 17.6 Å². The molecule has 6 heteroatoms. The van der Waals surface area contributed by atoms with E-state index in [9.17, 15) is 4.79 Å². The number of nitrogens with one attached hydrogen (secondary N) is 3. The Labute approximate surface area is 148 Å². The van der Waals surface area contributed by atoms with Crippen LogP contribution in [0.1, 0.15) is 23.6 Å². The number of aromatic nitrogens is 1. The summed E-state index contributed by atoms with van der Waals surface area (Å²) in [5.41, 5.74) is 4.30. The third-order valence-electron chi connectivity index (χ3n) is 3.61. The van der Waals surface area contributed by atoms with Crippen LogP contribution < -0.4 is 16.0 Å². The molecule has 1 amide bonds. The Morgan fingerprint density at radius 2 is 2.04 bits per heavy atom. The lowest BCUT2D eigenvalue weighted by atomic mass is 10.1. The van der Waals surface area contributed by atoms with E-state index >= 15 is 0 Å². The molecule has 0 aliphatic heterocycles. The van der Waals surface area contributed by atoms with Crippen LogP contribution in [0.2, 0.25) is 0 Å². The molecular formula is C19H25N5O. The summed E-state index contributed by atoms with van der Waals surface area (Å²) < 4.78 is 0. The second-order valence-electron chi connectivity index (χ2n) is 5.77. The van der Waals surface area contributed by atoms with Crippen LogP contribution in [0.5, 0.6) is 0 Å². The number of benzene rings is 1. The fourth-order valence-corrected chi connectivity index (χ4v) is 2.34. The van der Waals surface area contributed by atoms with Gasteiger partial charge in [-0.2, -0.15) is 0 Å². The Kier molecular flexibility index (Phi) is 6.95. The van der Waals surface area contributed by atoms with Crippen LogP contribution in [0.15, 0.2) is 47.7 Å². The first-order chi connectivity index (χ1) is 12.1. The minimum absolute atomic E-state index is 0.133. The van der Waals surface area contributed by atoms with Crippen LogP contribution in [-0.4, -0.2) is 29.9 Å². The Morgan fingerprint density at radius 1 is 1.20 bits per heavy atom. The molecule has 6 nitrogen and oxygen atoms in total. The van der Waals surface area contributed by atoms with E-state index in [4.69, 9.17) is 0 Å².